The molecule has 4 rings (SSSR count). The highest BCUT2D eigenvalue weighted by molar-refractivity contribution is 6.38. The van der Waals surface area contributed by atoms with Crippen LogP contribution in [0.3, 0.4) is 0 Å². The van der Waals surface area contributed by atoms with Crippen LogP contribution in [0.25, 0.3) is 32.9 Å². The third-order valence-electron chi connectivity index (χ3n) is 4.21. The quantitative estimate of drug-likeness (QED) is 0.489. The zero-order valence-corrected chi connectivity index (χ0v) is 15.2. The van der Waals surface area contributed by atoms with Crippen LogP contribution in [0.5, 0.6) is 0 Å². The van der Waals surface area contributed by atoms with E-state index in [9.17, 15) is 0 Å². The van der Waals surface area contributed by atoms with Crippen molar-refractivity contribution in [3.63, 3.8) is 0 Å². The lowest BCUT2D eigenvalue weighted by Crippen LogP contribution is -2.16. The maximum absolute atomic E-state index is 6.72. The Bertz CT molecular complexity index is 1070. The number of aromatic nitrogens is 4. The standard InChI is InChI=1S/C20H19ClN4/c1-20(2,3)12-25-17-9-8-15(18(21)19(17)23-24-25)16-11-22-10-13-6-4-5-7-14(13)16/h4-11H,12H2,1-3H3. The summed E-state index contributed by atoms with van der Waals surface area (Å²) in [4.78, 5) is 4.36. The summed E-state index contributed by atoms with van der Waals surface area (Å²) in [5, 5.41) is 11.5. The van der Waals surface area contributed by atoms with E-state index in [-0.39, 0.29) is 5.41 Å². The van der Waals surface area contributed by atoms with Crippen molar-refractivity contribution in [3.05, 3.63) is 53.8 Å². The van der Waals surface area contributed by atoms with Crippen LogP contribution >= 0.6 is 11.6 Å². The van der Waals surface area contributed by atoms with Gasteiger partial charge in [0.25, 0.3) is 0 Å². The van der Waals surface area contributed by atoms with Gasteiger partial charge in [-0.1, -0.05) is 67.9 Å². The number of hydrogen-bond acceptors (Lipinski definition) is 3. The van der Waals surface area contributed by atoms with E-state index in [1.165, 1.54) is 0 Å². The zero-order valence-electron chi connectivity index (χ0n) is 14.5. The lowest BCUT2D eigenvalue weighted by Gasteiger charge is -2.18. The Morgan fingerprint density at radius 2 is 1.80 bits per heavy atom. The number of fused-ring (bicyclic) bond motifs is 2. The summed E-state index contributed by atoms with van der Waals surface area (Å²) >= 11 is 6.72. The Balaban J connectivity index is 1.90. The summed E-state index contributed by atoms with van der Waals surface area (Å²) in [5.41, 5.74) is 3.75. The van der Waals surface area contributed by atoms with Crippen LogP contribution in [0.1, 0.15) is 20.8 Å². The Kier molecular flexibility index (Phi) is 3.73. The van der Waals surface area contributed by atoms with Crippen molar-refractivity contribution < 1.29 is 0 Å². The summed E-state index contributed by atoms with van der Waals surface area (Å²) in [6.07, 6.45) is 3.72. The second-order valence-electron chi connectivity index (χ2n) is 7.51. The topological polar surface area (TPSA) is 43.6 Å². The predicted molar refractivity (Wildman–Crippen MR) is 103 cm³/mol. The molecular weight excluding hydrogens is 332 g/mol. The van der Waals surface area contributed by atoms with E-state index in [1.807, 2.05) is 41.3 Å². The summed E-state index contributed by atoms with van der Waals surface area (Å²) in [6, 6.07) is 12.3. The molecule has 0 radical (unpaired) electrons. The van der Waals surface area contributed by atoms with Crippen molar-refractivity contribution in [2.45, 2.75) is 27.3 Å². The lowest BCUT2D eigenvalue weighted by atomic mass is 9.97. The molecule has 2 heterocycles. The van der Waals surface area contributed by atoms with Gasteiger partial charge in [0, 0.05) is 35.5 Å². The molecule has 0 bridgehead atoms. The average Bonchev–Trinajstić information content (AvgIpc) is 2.97. The van der Waals surface area contributed by atoms with Crippen LogP contribution in [-0.4, -0.2) is 20.0 Å². The van der Waals surface area contributed by atoms with E-state index < -0.39 is 0 Å². The molecule has 2 aromatic carbocycles. The molecule has 0 aliphatic carbocycles. The molecule has 25 heavy (non-hydrogen) atoms. The smallest absolute Gasteiger partial charge is 0.132 e. The van der Waals surface area contributed by atoms with E-state index in [2.05, 4.69) is 48.2 Å². The van der Waals surface area contributed by atoms with Crippen LogP contribution in [0.2, 0.25) is 5.02 Å². The zero-order chi connectivity index (χ0) is 17.6. The highest BCUT2D eigenvalue weighted by atomic mass is 35.5. The van der Waals surface area contributed by atoms with E-state index >= 15 is 0 Å². The third kappa shape index (κ3) is 2.87. The molecule has 4 aromatic rings. The molecule has 0 amide bonds. The highest BCUT2D eigenvalue weighted by Gasteiger charge is 2.18. The number of pyridine rings is 1. The summed E-state index contributed by atoms with van der Waals surface area (Å²) in [6.45, 7) is 7.32. The summed E-state index contributed by atoms with van der Waals surface area (Å²) in [5.74, 6) is 0. The van der Waals surface area contributed by atoms with E-state index in [4.69, 9.17) is 11.6 Å². The monoisotopic (exact) mass is 350 g/mol. The molecule has 0 atom stereocenters. The lowest BCUT2D eigenvalue weighted by molar-refractivity contribution is 0.327. The molecule has 0 unspecified atom stereocenters. The molecule has 0 spiro atoms. The maximum Gasteiger partial charge on any atom is 0.132 e. The first-order chi connectivity index (χ1) is 11.9. The number of benzene rings is 2. The fourth-order valence-electron chi connectivity index (χ4n) is 3.11. The number of halogens is 1. The van der Waals surface area contributed by atoms with Crippen LogP contribution in [-0.2, 0) is 6.54 Å². The van der Waals surface area contributed by atoms with E-state index in [0.29, 0.717) is 5.02 Å². The molecule has 0 fully saturated rings. The Morgan fingerprint density at radius 3 is 2.60 bits per heavy atom. The van der Waals surface area contributed by atoms with Crippen LogP contribution in [0, 0.1) is 5.41 Å². The molecule has 0 N–H and O–H groups in total. The normalized spacial score (nSPS) is 12.2. The Hall–Kier alpha value is -2.46. The van der Waals surface area contributed by atoms with Gasteiger partial charge in [-0.2, -0.15) is 0 Å². The molecule has 0 saturated heterocycles. The minimum absolute atomic E-state index is 0.116. The van der Waals surface area contributed by atoms with Crippen LogP contribution in [0.4, 0.5) is 0 Å². The first kappa shape index (κ1) is 16.0. The maximum atomic E-state index is 6.72. The van der Waals surface area contributed by atoms with Gasteiger partial charge in [0.1, 0.15) is 5.52 Å². The Labute approximate surface area is 151 Å². The van der Waals surface area contributed by atoms with Gasteiger partial charge in [-0.3, -0.25) is 4.98 Å². The number of rotatable bonds is 2. The van der Waals surface area contributed by atoms with Crippen LogP contribution in [0.15, 0.2) is 48.8 Å². The molecule has 4 nitrogen and oxygen atoms in total. The SMILES string of the molecule is CC(C)(C)Cn1nnc2c(Cl)c(-c3cncc4ccccc34)ccc21. The first-order valence-electron chi connectivity index (χ1n) is 8.29. The van der Waals surface area contributed by atoms with Crippen molar-refractivity contribution >= 4 is 33.4 Å². The molecular formula is C20H19ClN4. The molecule has 2 aromatic heterocycles. The second-order valence-corrected chi connectivity index (χ2v) is 7.89. The first-order valence-corrected chi connectivity index (χ1v) is 8.67. The largest absolute Gasteiger partial charge is 0.263 e. The van der Waals surface area contributed by atoms with Gasteiger partial charge in [0.15, 0.2) is 0 Å². The van der Waals surface area contributed by atoms with Gasteiger partial charge in [-0.05, 0) is 16.9 Å². The predicted octanol–water partition coefficient (Wildman–Crippen LogP) is 5.35. The van der Waals surface area contributed by atoms with Crippen molar-refractivity contribution in [2.24, 2.45) is 5.41 Å². The van der Waals surface area contributed by atoms with Gasteiger partial charge < -0.3 is 0 Å². The third-order valence-corrected chi connectivity index (χ3v) is 4.59. The minimum Gasteiger partial charge on any atom is -0.263 e. The van der Waals surface area contributed by atoms with Gasteiger partial charge in [-0.25, -0.2) is 4.68 Å². The minimum atomic E-state index is 0.116. The van der Waals surface area contributed by atoms with Crippen molar-refractivity contribution in [1.82, 2.24) is 20.0 Å². The highest BCUT2D eigenvalue weighted by Crippen LogP contribution is 2.36. The Morgan fingerprint density at radius 1 is 1.00 bits per heavy atom. The van der Waals surface area contributed by atoms with E-state index in [1.54, 1.807) is 0 Å². The van der Waals surface area contributed by atoms with Gasteiger partial charge in [0.2, 0.25) is 0 Å². The fourth-order valence-corrected chi connectivity index (χ4v) is 3.41. The van der Waals surface area contributed by atoms with Crippen molar-refractivity contribution in [1.29, 1.82) is 0 Å². The second kappa shape index (κ2) is 5.81. The summed E-state index contributed by atoms with van der Waals surface area (Å²) < 4.78 is 1.92. The molecule has 0 aliphatic heterocycles. The average molecular weight is 351 g/mol. The summed E-state index contributed by atoms with van der Waals surface area (Å²) in [7, 11) is 0. The molecule has 126 valence electrons. The van der Waals surface area contributed by atoms with Crippen molar-refractivity contribution in [2.75, 3.05) is 0 Å². The van der Waals surface area contributed by atoms with Gasteiger partial charge in [-0.15, -0.1) is 5.10 Å². The van der Waals surface area contributed by atoms with Crippen LogP contribution < -0.4 is 0 Å². The number of hydrogen-bond donors (Lipinski definition) is 0. The van der Waals surface area contributed by atoms with Gasteiger partial charge >= 0.3 is 0 Å². The molecule has 0 aliphatic rings. The van der Waals surface area contributed by atoms with Gasteiger partial charge in [0.05, 0.1) is 10.5 Å². The molecule has 5 heteroatoms. The van der Waals surface area contributed by atoms with Crippen molar-refractivity contribution in [3.8, 4) is 11.1 Å². The number of nitrogens with zero attached hydrogens (tertiary/aromatic N) is 4. The van der Waals surface area contributed by atoms with E-state index in [0.717, 1.165) is 39.5 Å². The fraction of sp³-hybridized carbons (Fsp3) is 0.250. The molecule has 0 saturated carbocycles.